The van der Waals surface area contributed by atoms with Crippen LogP contribution in [0, 0.1) is 0 Å². The van der Waals surface area contributed by atoms with Crippen LogP contribution in [-0.2, 0) is 10.3 Å². The van der Waals surface area contributed by atoms with Gasteiger partial charge in [-0.15, -0.1) is 11.8 Å². The molecule has 0 radical (unpaired) electrons. The third kappa shape index (κ3) is 3.22. The van der Waals surface area contributed by atoms with Gasteiger partial charge in [0.05, 0.1) is 17.1 Å². The highest BCUT2D eigenvalue weighted by Crippen LogP contribution is 2.63. The molecule has 0 spiro atoms. The molecule has 0 saturated carbocycles. The second kappa shape index (κ2) is 8.09. The maximum atomic E-state index is 13.9. The van der Waals surface area contributed by atoms with Gasteiger partial charge in [0.1, 0.15) is 0 Å². The van der Waals surface area contributed by atoms with Gasteiger partial charge in [0, 0.05) is 15.2 Å². The second-order valence-corrected chi connectivity index (χ2v) is 10.3. The lowest BCUT2D eigenvalue weighted by Gasteiger charge is -2.58. The van der Waals surface area contributed by atoms with Crippen molar-refractivity contribution in [1.82, 2.24) is 0 Å². The topological polar surface area (TPSA) is 20.3 Å². The molecule has 2 aliphatic heterocycles. The lowest BCUT2D eigenvalue weighted by Crippen LogP contribution is -2.67. The zero-order valence-electron chi connectivity index (χ0n) is 17.9. The second-order valence-electron chi connectivity index (χ2n) is 8.64. The average molecular weight is 468 g/mol. The molecule has 6 rings (SSSR count). The van der Waals surface area contributed by atoms with Gasteiger partial charge in [0.25, 0.3) is 0 Å². The van der Waals surface area contributed by atoms with Crippen molar-refractivity contribution in [2.45, 2.75) is 28.0 Å². The molecule has 2 aliphatic rings. The molecule has 0 bridgehead atoms. The van der Waals surface area contributed by atoms with E-state index in [2.05, 4.69) is 71.6 Å². The van der Waals surface area contributed by atoms with E-state index in [0.29, 0.717) is 0 Å². The van der Waals surface area contributed by atoms with Gasteiger partial charge < -0.3 is 0 Å². The predicted molar refractivity (Wildman–Crippen MR) is 136 cm³/mol. The molecule has 3 atom stereocenters. The molecular weight excluding hydrogens is 446 g/mol. The Hall–Kier alpha value is -3.01. The lowest BCUT2D eigenvalue weighted by molar-refractivity contribution is -0.131. The number of carbonyl (C=O) groups excluding carboxylic acids is 1. The van der Waals surface area contributed by atoms with E-state index in [0.717, 1.165) is 27.6 Å². The number of β-lactam (4-membered cyclic amide) rings is 1. The van der Waals surface area contributed by atoms with Crippen molar-refractivity contribution < 1.29 is 4.79 Å². The van der Waals surface area contributed by atoms with Gasteiger partial charge in [0.15, 0.2) is 0 Å². The fourth-order valence-electron chi connectivity index (χ4n) is 5.42. The van der Waals surface area contributed by atoms with Crippen molar-refractivity contribution in [3.05, 3.63) is 131 Å². The van der Waals surface area contributed by atoms with Crippen molar-refractivity contribution in [1.29, 1.82) is 0 Å². The van der Waals surface area contributed by atoms with Crippen LogP contribution in [0.25, 0.3) is 0 Å². The molecule has 0 unspecified atom stereocenters. The molecule has 0 aliphatic carbocycles. The monoisotopic (exact) mass is 467 g/mol. The van der Waals surface area contributed by atoms with E-state index >= 15 is 0 Å². The normalized spacial score (nSPS) is 23.8. The number of anilines is 1. The zero-order valence-corrected chi connectivity index (χ0v) is 19.5. The highest BCUT2D eigenvalue weighted by Gasteiger charge is 2.63. The smallest absolute Gasteiger partial charge is 0.238 e. The summed E-state index contributed by atoms with van der Waals surface area (Å²) in [6.45, 7) is 0. The number of hydrogen-bond acceptors (Lipinski definition) is 2. The molecule has 33 heavy (non-hydrogen) atoms. The van der Waals surface area contributed by atoms with Gasteiger partial charge in [-0.1, -0.05) is 96.5 Å². The van der Waals surface area contributed by atoms with Crippen molar-refractivity contribution in [2.75, 3.05) is 4.90 Å². The molecule has 4 aromatic carbocycles. The van der Waals surface area contributed by atoms with Gasteiger partial charge in [-0.3, -0.25) is 9.69 Å². The largest absolute Gasteiger partial charge is 0.299 e. The summed E-state index contributed by atoms with van der Waals surface area (Å²) < 4.78 is 0. The van der Waals surface area contributed by atoms with Crippen LogP contribution in [0.1, 0.15) is 34.3 Å². The number of nitrogens with zero attached hydrogens (tertiary/aromatic N) is 1. The average Bonchev–Trinajstić information content (AvgIpc) is 2.98. The molecule has 162 valence electrons. The molecular formula is C29H22ClNOS. The van der Waals surface area contributed by atoms with E-state index in [4.69, 9.17) is 11.6 Å². The van der Waals surface area contributed by atoms with E-state index in [-0.39, 0.29) is 17.1 Å². The Labute approximate surface area is 203 Å². The number of rotatable bonds is 3. The summed E-state index contributed by atoms with van der Waals surface area (Å²) >= 11 is 8.05. The number of benzene rings is 4. The van der Waals surface area contributed by atoms with Crippen LogP contribution < -0.4 is 4.90 Å². The summed E-state index contributed by atoms with van der Waals surface area (Å²) in [5.74, 6) is -0.0717. The number of halogens is 1. The van der Waals surface area contributed by atoms with E-state index in [1.807, 2.05) is 54.2 Å². The van der Waals surface area contributed by atoms with Crippen molar-refractivity contribution in [3.8, 4) is 0 Å². The van der Waals surface area contributed by atoms with Crippen LogP contribution in [0.3, 0.4) is 0 Å². The van der Waals surface area contributed by atoms with Crippen LogP contribution in [0.4, 0.5) is 5.69 Å². The minimum atomic E-state index is -0.469. The number of fused-ring (bicyclic) bond motifs is 3. The van der Waals surface area contributed by atoms with Crippen molar-refractivity contribution in [3.63, 3.8) is 0 Å². The minimum absolute atomic E-state index is 0.162. The number of thioether (sulfide) groups is 1. The third-order valence-electron chi connectivity index (χ3n) is 6.86. The van der Waals surface area contributed by atoms with Crippen molar-refractivity contribution >= 4 is 35.0 Å². The molecule has 0 N–H and O–H groups in total. The van der Waals surface area contributed by atoms with Crippen LogP contribution in [-0.4, -0.2) is 5.91 Å². The molecule has 2 heterocycles. The molecule has 4 aromatic rings. The summed E-state index contributed by atoms with van der Waals surface area (Å²) in [5.41, 5.74) is 4.00. The molecule has 0 aromatic heterocycles. The fourth-order valence-corrected chi connectivity index (χ4v) is 6.92. The first-order valence-corrected chi connectivity index (χ1v) is 12.4. The Balaban J connectivity index is 1.60. The number of amides is 1. The SMILES string of the molecule is O=C1[C@H](c2ccccc2)[C@@]2(c3ccccc3)C[C@H](c3ccc(Cl)cc3)Sc3ccccc3N12. The Morgan fingerprint density at radius 1 is 0.758 bits per heavy atom. The van der Waals surface area contributed by atoms with Gasteiger partial charge in [-0.05, 0) is 47.4 Å². The van der Waals surface area contributed by atoms with Gasteiger partial charge in [0.2, 0.25) is 5.91 Å². The first-order valence-electron chi connectivity index (χ1n) is 11.1. The lowest BCUT2D eigenvalue weighted by atomic mass is 9.63. The summed E-state index contributed by atoms with van der Waals surface area (Å²) in [6.07, 6.45) is 0.809. The summed E-state index contributed by atoms with van der Waals surface area (Å²) in [6, 6.07) is 37.2. The summed E-state index contributed by atoms with van der Waals surface area (Å²) in [5, 5.41) is 0.908. The Morgan fingerprint density at radius 3 is 2.12 bits per heavy atom. The quantitative estimate of drug-likeness (QED) is 0.289. The predicted octanol–water partition coefficient (Wildman–Crippen LogP) is 7.60. The number of hydrogen-bond donors (Lipinski definition) is 0. The standard InChI is InChI=1S/C29H22ClNOS/c30-23-17-15-20(16-18-23)26-19-29(22-11-5-2-6-12-22)27(21-9-3-1-4-10-21)28(32)31(29)24-13-7-8-14-25(24)33-26/h1-18,26-27H,19H2/t26-,27+,29+/m1/s1. The fraction of sp³-hybridized carbons (Fsp3) is 0.138. The third-order valence-corrected chi connectivity index (χ3v) is 8.44. The van der Waals surface area contributed by atoms with E-state index in [1.165, 1.54) is 11.1 Å². The molecule has 1 fully saturated rings. The molecule has 1 amide bonds. The summed E-state index contributed by atoms with van der Waals surface area (Å²) in [4.78, 5) is 17.1. The molecule has 1 saturated heterocycles. The first-order chi connectivity index (χ1) is 16.2. The highest BCUT2D eigenvalue weighted by molar-refractivity contribution is 7.99. The Bertz CT molecular complexity index is 1310. The Morgan fingerprint density at radius 2 is 1.39 bits per heavy atom. The maximum absolute atomic E-state index is 13.9. The number of para-hydroxylation sites is 1. The minimum Gasteiger partial charge on any atom is -0.299 e. The van der Waals surface area contributed by atoms with Crippen LogP contribution in [0.15, 0.2) is 114 Å². The first kappa shape index (κ1) is 20.6. The van der Waals surface area contributed by atoms with Gasteiger partial charge >= 0.3 is 0 Å². The van der Waals surface area contributed by atoms with E-state index in [1.54, 1.807) is 0 Å². The van der Waals surface area contributed by atoms with E-state index < -0.39 is 5.54 Å². The van der Waals surface area contributed by atoms with E-state index in [9.17, 15) is 4.79 Å². The van der Waals surface area contributed by atoms with Gasteiger partial charge in [-0.25, -0.2) is 0 Å². The molecule has 2 nitrogen and oxygen atoms in total. The number of carbonyl (C=O) groups is 1. The molecule has 4 heteroatoms. The Kier molecular flexibility index (Phi) is 5.05. The van der Waals surface area contributed by atoms with Crippen LogP contribution >= 0.6 is 23.4 Å². The maximum Gasteiger partial charge on any atom is 0.238 e. The summed E-state index contributed by atoms with van der Waals surface area (Å²) in [7, 11) is 0. The highest BCUT2D eigenvalue weighted by atomic mass is 35.5. The van der Waals surface area contributed by atoms with Crippen molar-refractivity contribution in [2.24, 2.45) is 0 Å². The zero-order chi connectivity index (χ0) is 22.4. The van der Waals surface area contributed by atoms with Crippen LogP contribution in [0.2, 0.25) is 5.02 Å². The van der Waals surface area contributed by atoms with Crippen LogP contribution in [0.5, 0.6) is 0 Å². The van der Waals surface area contributed by atoms with Gasteiger partial charge in [-0.2, -0.15) is 0 Å².